The molecule has 0 radical (unpaired) electrons. The van der Waals surface area contributed by atoms with E-state index in [1.807, 2.05) is 46.2 Å². The second-order valence-corrected chi connectivity index (χ2v) is 6.35. The molecule has 162 valence electrons. The number of aromatic amines is 2. The topological polar surface area (TPSA) is 81.7 Å². The van der Waals surface area contributed by atoms with E-state index in [9.17, 15) is 4.39 Å². The second kappa shape index (κ2) is 12.0. The van der Waals surface area contributed by atoms with Crippen LogP contribution in [-0.4, -0.2) is 29.2 Å². The molecule has 0 saturated carbocycles. The molecule has 0 amide bonds. The lowest BCUT2D eigenvalue weighted by Gasteiger charge is -2.21. The molecule has 1 atom stereocenters. The van der Waals surface area contributed by atoms with Crippen LogP contribution in [0.1, 0.15) is 39.7 Å². The van der Waals surface area contributed by atoms with Crippen molar-refractivity contribution in [3.05, 3.63) is 60.2 Å². The van der Waals surface area contributed by atoms with E-state index < -0.39 is 0 Å². The van der Waals surface area contributed by atoms with Gasteiger partial charge in [-0.3, -0.25) is 5.32 Å². The summed E-state index contributed by atoms with van der Waals surface area (Å²) in [6, 6.07) is 8.59. The molecule has 0 saturated heterocycles. The van der Waals surface area contributed by atoms with Gasteiger partial charge in [-0.05, 0) is 61.5 Å². The maximum atomic E-state index is 13.3. The zero-order valence-corrected chi connectivity index (χ0v) is 18.4. The lowest BCUT2D eigenvalue weighted by atomic mass is 9.98. The minimum Gasteiger partial charge on any atom is -0.367 e. The fraction of sp³-hybridized carbons (Fsp3) is 0.333. The Labute approximate surface area is 179 Å². The van der Waals surface area contributed by atoms with Crippen LogP contribution in [0.15, 0.2) is 48.8 Å². The first-order valence-corrected chi connectivity index (χ1v) is 10.8. The molecule has 0 bridgehead atoms. The number of nitrogens with one attached hydrogen (secondary N) is 4. The van der Waals surface area contributed by atoms with E-state index in [0.29, 0.717) is 6.54 Å². The van der Waals surface area contributed by atoms with Crippen molar-refractivity contribution in [3.63, 3.8) is 0 Å². The normalized spacial score (nSPS) is 14.0. The lowest BCUT2D eigenvalue weighted by molar-refractivity contribution is 0.617. The van der Waals surface area contributed by atoms with Gasteiger partial charge in [0.15, 0.2) is 0 Å². The van der Waals surface area contributed by atoms with Gasteiger partial charge in [0.05, 0.1) is 11.9 Å². The van der Waals surface area contributed by atoms with Crippen molar-refractivity contribution in [2.75, 3.05) is 18.4 Å². The summed E-state index contributed by atoms with van der Waals surface area (Å²) in [6.07, 6.45) is 9.08. The predicted octanol–water partition coefficient (Wildman–Crippen LogP) is 5.57. The molecule has 3 aromatic rings. The molecule has 1 aromatic carbocycles. The van der Waals surface area contributed by atoms with Gasteiger partial charge in [-0.15, -0.1) is 0 Å². The van der Waals surface area contributed by atoms with Crippen LogP contribution in [0.25, 0.3) is 28.5 Å². The number of H-pyrrole nitrogens is 2. The Kier molecular flexibility index (Phi) is 9.38. The Hall–Kier alpha value is -2.83. The zero-order valence-electron chi connectivity index (χ0n) is 18.4. The Balaban J connectivity index is 0.000000757. The largest absolute Gasteiger partial charge is 0.367 e. The van der Waals surface area contributed by atoms with E-state index in [1.165, 1.54) is 12.1 Å². The van der Waals surface area contributed by atoms with Crippen LogP contribution in [-0.2, 0) is 0 Å². The molecule has 1 aliphatic rings. The van der Waals surface area contributed by atoms with Gasteiger partial charge in [-0.25, -0.2) is 4.39 Å². The number of aromatic nitrogens is 2. The first-order valence-electron chi connectivity index (χ1n) is 10.8. The Morgan fingerprint density at radius 1 is 1.03 bits per heavy atom. The highest BCUT2D eigenvalue weighted by Crippen LogP contribution is 2.41. The highest BCUT2D eigenvalue weighted by molar-refractivity contribution is 5.94. The molecular weight excluding hydrogens is 377 g/mol. The van der Waals surface area contributed by atoms with Gasteiger partial charge in [-0.2, -0.15) is 0 Å². The molecule has 5 nitrogen and oxygen atoms in total. The van der Waals surface area contributed by atoms with Gasteiger partial charge in [0.2, 0.25) is 0 Å². The van der Waals surface area contributed by atoms with Gasteiger partial charge in [0.25, 0.3) is 0 Å². The molecule has 1 unspecified atom stereocenters. The van der Waals surface area contributed by atoms with E-state index in [0.717, 1.165) is 46.7 Å². The van der Waals surface area contributed by atoms with Crippen molar-refractivity contribution in [2.45, 2.75) is 40.3 Å². The summed E-state index contributed by atoms with van der Waals surface area (Å²) < 4.78 is 13.3. The van der Waals surface area contributed by atoms with Crippen molar-refractivity contribution < 1.29 is 4.39 Å². The number of fused-ring (bicyclic) bond motifs is 1. The summed E-state index contributed by atoms with van der Waals surface area (Å²) >= 11 is 0. The fourth-order valence-electron chi connectivity index (χ4n) is 3.28. The summed E-state index contributed by atoms with van der Waals surface area (Å²) in [4.78, 5) is 6.60. The summed E-state index contributed by atoms with van der Waals surface area (Å²) in [5.41, 5.74) is 10.7. The number of hydrogen-bond donors (Lipinski definition) is 5. The third-order valence-corrected chi connectivity index (χ3v) is 4.56. The number of hydrogen-bond acceptors (Lipinski definition) is 3. The molecule has 0 spiro atoms. The number of halogens is 1. The highest BCUT2D eigenvalue weighted by Gasteiger charge is 2.22. The molecule has 4 rings (SSSR count). The molecule has 0 aliphatic carbocycles. The van der Waals surface area contributed by atoms with E-state index in [2.05, 4.69) is 32.8 Å². The average Bonchev–Trinajstić information content (AvgIpc) is 3.44. The molecule has 1 aliphatic heterocycles. The fourth-order valence-corrected chi connectivity index (χ4v) is 3.28. The van der Waals surface area contributed by atoms with Crippen molar-refractivity contribution >= 4 is 11.9 Å². The lowest BCUT2D eigenvalue weighted by Crippen LogP contribution is -2.37. The standard InChI is InChI=1S/C20H22FN5.2C2H6/c21-15-4-2-13(3-5-15)19-18(14-8-11-23-12-14)16-6-7-17(24-10-1-9-22)25-20(16)26-19;2*1-2/h2-8,11-12,17,23-26H,1,9-10,22H2;2*1-2H3. The summed E-state index contributed by atoms with van der Waals surface area (Å²) in [5, 5.41) is 6.90. The van der Waals surface area contributed by atoms with E-state index >= 15 is 0 Å². The molecule has 2 aromatic heterocycles. The first kappa shape index (κ1) is 23.4. The molecule has 0 fully saturated rings. The smallest absolute Gasteiger partial charge is 0.123 e. The third kappa shape index (κ3) is 5.40. The molecular formula is C24H34FN5. The summed E-state index contributed by atoms with van der Waals surface area (Å²) in [7, 11) is 0. The summed E-state index contributed by atoms with van der Waals surface area (Å²) in [5.74, 6) is 0.712. The molecule has 6 heteroatoms. The third-order valence-electron chi connectivity index (χ3n) is 4.56. The van der Waals surface area contributed by atoms with Gasteiger partial charge in [0, 0.05) is 29.1 Å². The average molecular weight is 412 g/mol. The Morgan fingerprint density at radius 2 is 1.77 bits per heavy atom. The van der Waals surface area contributed by atoms with Crippen LogP contribution in [0.4, 0.5) is 10.2 Å². The Morgan fingerprint density at radius 3 is 2.40 bits per heavy atom. The van der Waals surface area contributed by atoms with Gasteiger partial charge in [-0.1, -0.05) is 33.8 Å². The number of rotatable bonds is 6. The molecule has 3 heterocycles. The van der Waals surface area contributed by atoms with Crippen molar-refractivity contribution in [1.29, 1.82) is 0 Å². The maximum Gasteiger partial charge on any atom is 0.123 e. The van der Waals surface area contributed by atoms with Gasteiger partial charge in [0.1, 0.15) is 11.6 Å². The van der Waals surface area contributed by atoms with Crippen LogP contribution >= 0.6 is 0 Å². The highest BCUT2D eigenvalue weighted by atomic mass is 19.1. The van der Waals surface area contributed by atoms with Crippen LogP contribution < -0.4 is 16.4 Å². The number of benzene rings is 1. The maximum absolute atomic E-state index is 13.3. The van der Waals surface area contributed by atoms with E-state index in [-0.39, 0.29) is 12.0 Å². The first-order chi connectivity index (χ1) is 14.8. The number of nitrogens with two attached hydrogens (primary N) is 1. The minimum atomic E-state index is -0.240. The number of anilines is 1. The molecule has 30 heavy (non-hydrogen) atoms. The van der Waals surface area contributed by atoms with Crippen molar-refractivity contribution in [3.8, 4) is 22.4 Å². The van der Waals surface area contributed by atoms with Crippen LogP contribution in [0.2, 0.25) is 0 Å². The van der Waals surface area contributed by atoms with Crippen LogP contribution in [0, 0.1) is 5.82 Å². The second-order valence-electron chi connectivity index (χ2n) is 6.35. The van der Waals surface area contributed by atoms with Gasteiger partial charge >= 0.3 is 0 Å². The van der Waals surface area contributed by atoms with Gasteiger partial charge < -0.3 is 21.0 Å². The minimum absolute atomic E-state index is 0.0489. The van der Waals surface area contributed by atoms with E-state index in [4.69, 9.17) is 5.73 Å². The predicted molar refractivity (Wildman–Crippen MR) is 127 cm³/mol. The van der Waals surface area contributed by atoms with Crippen molar-refractivity contribution in [2.24, 2.45) is 5.73 Å². The van der Waals surface area contributed by atoms with Crippen molar-refractivity contribution in [1.82, 2.24) is 15.3 Å². The SMILES string of the molecule is CC.CC.NCCCNC1C=Cc2c([nH]c(-c3ccc(F)cc3)c2-c2cc[nH]c2)N1. The van der Waals surface area contributed by atoms with Crippen LogP contribution in [0.5, 0.6) is 0 Å². The quantitative estimate of drug-likeness (QED) is 0.344. The monoisotopic (exact) mass is 411 g/mol. The molecule has 6 N–H and O–H groups in total. The Bertz CT molecular complexity index is 895. The summed E-state index contributed by atoms with van der Waals surface area (Å²) in [6.45, 7) is 9.52. The van der Waals surface area contributed by atoms with Crippen LogP contribution in [0.3, 0.4) is 0 Å². The zero-order chi connectivity index (χ0) is 21.9. The van der Waals surface area contributed by atoms with E-state index in [1.54, 1.807) is 12.1 Å².